The molecular formula is C21H25N3O2. The molecule has 1 unspecified atom stereocenters. The van der Waals surface area contributed by atoms with Crippen molar-refractivity contribution in [2.24, 2.45) is 0 Å². The smallest absolute Gasteiger partial charge is 0.253 e. The normalized spacial score (nSPS) is 14.7. The van der Waals surface area contributed by atoms with Crippen molar-refractivity contribution >= 4 is 17.5 Å². The molecule has 0 saturated carbocycles. The van der Waals surface area contributed by atoms with Gasteiger partial charge in [-0.25, -0.2) is 0 Å². The Morgan fingerprint density at radius 1 is 1.00 bits per heavy atom. The average Bonchev–Trinajstić information content (AvgIpc) is 3.21. The number of carbonyl (C=O) groups is 2. The van der Waals surface area contributed by atoms with Gasteiger partial charge in [-0.2, -0.15) is 0 Å². The molecule has 0 radical (unpaired) electrons. The maximum Gasteiger partial charge on any atom is 0.253 e. The van der Waals surface area contributed by atoms with E-state index in [2.05, 4.69) is 10.6 Å². The number of carbonyl (C=O) groups excluding carboxylic acids is 2. The van der Waals surface area contributed by atoms with Crippen LogP contribution in [0.25, 0.3) is 0 Å². The molecule has 1 aliphatic rings. The number of amides is 2. The minimum absolute atomic E-state index is 0.0361. The van der Waals surface area contributed by atoms with Crippen LogP contribution in [0.5, 0.6) is 0 Å². The molecule has 2 aromatic carbocycles. The second-order valence-corrected chi connectivity index (χ2v) is 6.63. The molecule has 3 rings (SSSR count). The van der Waals surface area contributed by atoms with Crippen LogP contribution in [0.15, 0.2) is 54.6 Å². The highest BCUT2D eigenvalue weighted by Gasteiger charge is 2.19. The molecule has 5 nitrogen and oxygen atoms in total. The minimum Gasteiger partial charge on any atom is -0.376 e. The van der Waals surface area contributed by atoms with Gasteiger partial charge in [-0.3, -0.25) is 9.59 Å². The summed E-state index contributed by atoms with van der Waals surface area (Å²) in [5.74, 6) is 0.0158. The van der Waals surface area contributed by atoms with E-state index in [0.717, 1.165) is 37.2 Å². The van der Waals surface area contributed by atoms with Gasteiger partial charge in [0.25, 0.3) is 5.91 Å². The molecule has 1 aliphatic heterocycles. The number of hydrogen-bond acceptors (Lipinski definition) is 3. The van der Waals surface area contributed by atoms with E-state index in [4.69, 9.17) is 0 Å². The Morgan fingerprint density at radius 3 is 2.31 bits per heavy atom. The van der Waals surface area contributed by atoms with Crippen molar-refractivity contribution in [3.63, 3.8) is 0 Å². The van der Waals surface area contributed by atoms with Crippen molar-refractivity contribution in [3.05, 3.63) is 65.7 Å². The first-order valence-electron chi connectivity index (χ1n) is 9.11. The Balaban J connectivity index is 1.48. The first kappa shape index (κ1) is 18.0. The number of nitrogens with one attached hydrogen (secondary N) is 2. The Morgan fingerprint density at radius 2 is 1.65 bits per heavy atom. The van der Waals surface area contributed by atoms with Gasteiger partial charge in [-0.1, -0.05) is 30.3 Å². The third kappa shape index (κ3) is 4.63. The number of likely N-dealkylation sites (tertiary alicyclic amines) is 1. The highest BCUT2D eigenvalue weighted by molar-refractivity contribution is 5.94. The van der Waals surface area contributed by atoms with Crippen LogP contribution >= 0.6 is 0 Å². The second-order valence-electron chi connectivity index (χ2n) is 6.63. The Bertz CT molecular complexity index is 738. The monoisotopic (exact) mass is 351 g/mol. The maximum absolute atomic E-state index is 12.3. The number of nitrogens with zero attached hydrogens (tertiary/aromatic N) is 1. The van der Waals surface area contributed by atoms with Gasteiger partial charge >= 0.3 is 0 Å². The van der Waals surface area contributed by atoms with E-state index in [1.54, 1.807) is 0 Å². The SMILES string of the molecule is CC(NC(=O)CNc1ccc(C(=O)N2CCCC2)cc1)c1ccccc1. The van der Waals surface area contributed by atoms with Gasteiger partial charge in [0.2, 0.25) is 5.91 Å². The van der Waals surface area contributed by atoms with Gasteiger partial charge in [0.15, 0.2) is 0 Å². The zero-order chi connectivity index (χ0) is 18.4. The van der Waals surface area contributed by atoms with Crippen LogP contribution in [0.4, 0.5) is 5.69 Å². The molecule has 26 heavy (non-hydrogen) atoms. The standard InChI is InChI=1S/C21H25N3O2/c1-16(17-7-3-2-4-8-17)23-20(25)15-22-19-11-9-18(10-12-19)21(26)24-13-5-6-14-24/h2-4,7-12,16,22H,5-6,13-15H2,1H3,(H,23,25). The molecule has 2 N–H and O–H groups in total. The van der Waals surface area contributed by atoms with Crippen LogP contribution in [0.3, 0.4) is 0 Å². The predicted molar refractivity (Wildman–Crippen MR) is 103 cm³/mol. The molecule has 0 aromatic heterocycles. The molecule has 0 aliphatic carbocycles. The van der Waals surface area contributed by atoms with Gasteiger partial charge < -0.3 is 15.5 Å². The van der Waals surface area contributed by atoms with Crippen LogP contribution in [-0.2, 0) is 4.79 Å². The van der Waals surface area contributed by atoms with Crippen LogP contribution < -0.4 is 10.6 Å². The molecule has 1 atom stereocenters. The zero-order valence-corrected chi connectivity index (χ0v) is 15.1. The topological polar surface area (TPSA) is 61.4 Å². The fourth-order valence-electron chi connectivity index (χ4n) is 3.13. The lowest BCUT2D eigenvalue weighted by molar-refractivity contribution is -0.120. The van der Waals surface area contributed by atoms with Crippen LogP contribution in [0, 0.1) is 0 Å². The number of benzene rings is 2. The van der Waals surface area contributed by atoms with Crippen molar-refractivity contribution in [3.8, 4) is 0 Å². The molecule has 0 bridgehead atoms. The third-order valence-electron chi connectivity index (χ3n) is 4.66. The van der Waals surface area contributed by atoms with E-state index in [0.29, 0.717) is 5.56 Å². The molecule has 1 heterocycles. The highest BCUT2D eigenvalue weighted by atomic mass is 16.2. The first-order chi connectivity index (χ1) is 12.6. The van der Waals surface area contributed by atoms with Crippen LogP contribution in [0.2, 0.25) is 0 Å². The molecule has 1 saturated heterocycles. The fourth-order valence-corrected chi connectivity index (χ4v) is 3.13. The second kappa shape index (κ2) is 8.52. The summed E-state index contributed by atoms with van der Waals surface area (Å²) in [6.45, 7) is 3.85. The summed E-state index contributed by atoms with van der Waals surface area (Å²) in [5, 5.41) is 6.07. The first-order valence-corrected chi connectivity index (χ1v) is 9.11. The number of anilines is 1. The average molecular weight is 351 g/mol. The molecule has 2 aromatic rings. The van der Waals surface area contributed by atoms with Gasteiger partial charge in [-0.05, 0) is 49.6 Å². The lowest BCUT2D eigenvalue weighted by atomic mass is 10.1. The molecule has 1 fully saturated rings. The highest BCUT2D eigenvalue weighted by Crippen LogP contribution is 2.15. The van der Waals surface area contributed by atoms with E-state index >= 15 is 0 Å². The Labute approximate surface area is 154 Å². The van der Waals surface area contributed by atoms with E-state index in [1.165, 1.54) is 0 Å². The van der Waals surface area contributed by atoms with Gasteiger partial charge in [0.1, 0.15) is 0 Å². The summed E-state index contributed by atoms with van der Waals surface area (Å²) < 4.78 is 0. The van der Waals surface area contributed by atoms with Crippen molar-refractivity contribution in [2.45, 2.75) is 25.8 Å². The summed E-state index contributed by atoms with van der Waals surface area (Å²) in [5.41, 5.74) is 2.59. The largest absolute Gasteiger partial charge is 0.376 e. The van der Waals surface area contributed by atoms with Crippen molar-refractivity contribution in [1.29, 1.82) is 0 Å². The maximum atomic E-state index is 12.3. The van der Waals surface area contributed by atoms with Crippen LogP contribution in [0.1, 0.15) is 41.7 Å². The molecule has 136 valence electrons. The van der Waals surface area contributed by atoms with Crippen molar-refractivity contribution in [1.82, 2.24) is 10.2 Å². The molecule has 0 spiro atoms. The number of rotatable bonds is 6. The quantitative estimate of drug-likeness (QED) is 0.840. The molecule has 5 heteroatoms. The van der Waals surface area contributed by atoms with E-state index in [-0.39, 0.29) is 24.4 Å². The lowest BCUT2D eigenvalue weighted by Crippen LogP contribution is -2.32. The Hall–Kier alpha value is -2.82. The van der Waals surface area contributed by atoms with E-state index < -0.39 is 0 Å². The van der Waals surface area contributed by atoms with Crippen molar-refractivity contribution in [2.75, 3.05) is 25.0 Å². The minimum atomic E-state index is -0.0708. The zero-order valence-electron chi connectivity index (χ0n) is 15.1. The molecular weight excluding hydrogens is 326 g/mol. The van der Waals surface area contributed by atoms with Gasteiger partial charge in [0.05, 0.1) is 12.6 Å². The summed E-state index contributed by atoms with van der Waals surface area (Å²) in [4.78, 5) is 26.3. The number of hydrogen-bond donors (Lipinski definition) is 2. The van der Waals surface area contributed by atoms with Gasteiger partial charge in [0, 0.05) is 24.3 Å². The van der Waals surface area contributed by atoms with Crippen LogP contribution in [-0.4, -0.2) is 36.3 Å². The third-order valence-corrected chi connectivity index (χ3v) is 4.66. The van der Waals surface area contributed by atoms with Crippen molar-refractivity contribution < 1.29 is 9.59 Å². The lowest BCUT2D eigenvalue weighted by Gasteiger charge is -2.16. The predicted octanol–water partition coefficient (Wildman–Crippen LogP) is 3.21. The summed E-state index contributed by atoms with van der Waals surface area (Å²) in [6.07, 6.45) is 2.17. The molecule has 2 amide bonds. The van der Waals surface area contributed by atoms with E-state index in [1.807, 2.05) is 66.4 Å². The van der Waals surface area contributed by atoms with Gasteiger partial charge in [-0.15, -0.1) is 0 Å². The summed E-state index contributed by atoms with van der Waals surface area (Å²) >= 11 is 0. The summed E-state index contributed by atoms with van der Waals surface area (Å²) in [6, 6.07) is 17.1. The fraction of sp³-hybridized carbons (Fsp3) is 0.333. The summed E-state index contributed by atoms with van der Waals surface area (Å²) in [7, 11) is 0. The van der Waals surface area contributed by atoms with E-state index in [9.17, 15) is 9.59 Å². The Kier molecular flexibility index (Phi) is 5.89.